The van der Waals surface area contributed by atoms with Crippen LogP contribution in [0.25, 0.3) is 0 Å². The van der Waals surface area contributed by atoms with Crippen molar-refractivity contribution < 1.29 is 14.7 Å². The number of anilines is 1. The van der Waals surface area contributed by atoms with Crippen LogP contribution in [0.3, 0.4) is 0 Å². The number of benzene rings is 1. The molecule has 0 heterocycles. The Bertz CT molecular complexity index is 493. The number of carboxylic acids is 1. The molecule has 1 aromatic carbocycles. The predicted octanol–water partition coefficient (Wildman–Crippen LogP) is 1.12. The summed E-state index contributed by atoms with van der Waals surface area (Å²) in [4.78, 5) is 22.1. The molecule has 0 radical (unpaired) electrons. The van der Waals surface area contributed by atoms with E-state index >= 15 is 0 Å². The fourth-order valence-corrected chi connectivity index (χ4v) is 1.81. The van der Waals surface area contributed by atoms with Crippen molar-refractivity contribution in [2.45, 2.75) is 25.3 Å². The minimum Gasteiger partial charge on any atom is -0.480 e. The van der Waals surface area contributed by atoms with Gasteiger partial charge < -0.3 is 16.2 Å². The quantitative estimate of drug-likeness (QED) is 0.728. The number of carbonyl (C=O) groups is 2. The number of aryl methyl sites for hydroxylation is 1. The Kier molecular flexibility index (Phi) is 2.53. The lowest BCUT2D eigenvalue weighted by molar-refractivity contribution is -0.138. The second-order valence-corrected chi connectivity index (χ2v) is 4.41. The van der Waals surface area contributed by atoms with Gasteiger partial charge in [-0.05, 0) is 43.5 Å². The van der Waals surface area contributed by atoms with E-state index in [4.69, 9.17) is 10.8 Å². The van der Waals surface area contributed by atoms with Crippen molar-refractivity contribution in [2.24, 2.45) is 5.73 Å². The Hall–Kier alpha value is -2.04. The first-order valence-electron chi connectivity index (χ1n) is 5.37. The van der Waals surface area contributed by atoms with Crippen LogP contribution in [0.2, 0.25) is 0 Å². The van der Waals surface area contributed by atoms with Gasteiger partial charge in [-0.2, -0.15) is 0 Å². The molecular weight excluding hydrogens is 220 g/mol. The summed E-state index contributed by atoms with van der Waals surface area (Å²) in [6.45, 7) is 1.77. The van der Waals surface area contributed by atoms with Crippen LogP contribution in [0.15, 0.2) is 18.2 Å². The number of hydrogen-bond donors (Lipinski definition) is 3. The van der Waals surface area contributed by atoms with Gasteiger partial charge in [0, 0.05) is 11.3 Å². The van der Waals surface area contributed by atoms with E-state index in [0.717, 1.165) is 5.56 Å². The number of carboxylic acid groups (broad SMARTS) is 1. The molecule has 5 nitrogen and oxygen atoms in total. The van der Waals surface area contributed by atoms with E-state index in [1.807, 2.05) is 0 Å². The van der Waals surface area contributed by atoms with Gasteiger partial charge in [-0.1, -0.05) is 0 Å². The van der Waals surface area contributed by atoms with E-state index in [1.165, 1.54) is 0 Å². The topological polar surface area (TPSA) is 92.4 Å². The highest BCUT2D eigenvalue weighted by Gasteiger charge is 2.50. The molecule has 90 valence electrons. The molecule has 0 atom stereocenters. The van der Waals surface area contributed by atoms with Crippen LogP contribution in [0.5, 0.6) is 0 Å². The summed E-state index contributed by atoms with van der Waals surface area (Å²) in [5, 5.41) is 12.0. The zero-order chi connectivity index (χ0) is 12.6. The zero-order valence-electron chi connectivity index (χ0n) is 9.49. The van der Waals surface area contributed by atoms with Crippen LogP contribution in [-0.4, -0.2) is 22.5 Å². The molecule has 4 N–H and O–H groups in total. The summed E-state index contributed by atoms with van der Waals surface area (Å²) in [5.74, 6) is -1.32. The number of rotatable bonds is 4. The van der Waals surface area contributed by atoms with Crippen molar-refractivity contribution in [3.63, 3.8) is 0 Å². The van der Waals surface area contributed by atoms with Gasteiger partial charge in [0.05, 0.1) is 0 Å². The third kappa shape index (κ3) is 2.08. The molecule has 1 amide bonds. The summed E-state index contributed by atoms with van der Waals surface area (Å²) in [6, 6.07) is 5.02. The second-order valence-electron chi connectivity index (χ2n) is 4.41. The van der Waals surface area contributed by atoms with Gasteiger partial charge in [0.2, 0.25) is 5.91 Å². The molecule has 0 spiro atoms. The third-order valence-electron chi connectivity index (χ3n) is 3.03. The van der Waals surface area contributed by atoms with E-state index in [9.17, 15) is 9.59 Å². The molecule has 1 aliphatic rings. The largest absolute Gasteiger partial charge is 0.480 e. The molecule has 5 heteroatoms. The average Bonchev–Trinajstić information content (AvgIpc) is 2.98. The monoisotopic (exact) mass is 234 g/mol. The molecule has 0 aliphatic heterocycles. The van der Waals surface area contributed by atoms with E-state index < -0.39 is 17.4 Å². The Balaban J connectivity index is 2.22. The number of hydrogen-bond acceptors (Lipinski definition) is 3. The van der Waals surface area contributed by atoms with E-state index in [2.05, 4.69) is 5.32 Å². The van der Waals surface area contributed by atoms with Gasteiger partial charge in [-0.15, -0.1) is 0 Å². The van der Waals surface area contributed by atoms with Crippen molar-refractivity contribution in [1.29, 1.82) is 0 Å². The SMILES string of the molecule is Cc1cc(NC2(C(=O)O)CC2)ccc1C(N)=O. The minimum absolute atomic E-state index is 0.454. The Morgan fingerprint density at radius 3 is 2.47 bits per heavy atom. The third-order valence-corrected chi connectivity index (χ3v) is 3.03. The predicted molar refractivity (Wildman–Crippen MR) is 62.9 cm³/mol. The van der Waals surface area contributed by atoms with Gasteiger partial charge in [-0.3, -0.25) is 4.79 Å². The summed E-state index contributed by atoms with van der Waals surface area (Å²) >= 11 is 0. The van der Waals surface area contributed by atoms with Crippen LogP contribution in [0.4, 0.5) is 5.69 Å². The molecule has 2 rings (SSSR count). The average molecular weight is 234 g/mol. The van der Waals surface area contributed by atoms with Crippen LogP contribution < -0.4 is 11.1 Å². The lowest BCUT2D eigenvalue weighted by atomic mass is 10.1. The molecule has 0 bridgehead atoms. The van der Waals surface area contributed by atoms with Crippen LogP contribution >= 0.6 is 0 Å². The summed E-state index contributed by atoms with van der Waals surface area (Å²) in [5.41, 5.74) is 6.28. The van der Waals surface area contributed by atoms with Gasteiger partial charge in [-0.25, -0.2) is 4.79 Å². The summed E-state index contributed by atoms with van der Waals surface area (Å²) in [7, 11) is 0. The molecule has 0 saturated heterocycles. The van der Waals surface area contributed by atoms with Gasteiger partial charge in [0.1, 0.15) is 5.54 Å². The van der Waals surface area contributed by atoms with Crippen molar-refractivity contribution in [2.75, 3.05) is 5.32 Å². The molecule has 1 fully saturated rings. The lowest BCUT2D eigenvalue weighted by Gasteiger charge is -2.15. The fourth-order valence-electron chi connectivity index (χ4n) is 1.81. The normalized spacial score (nSPS) is 16.3. The first kappa shape index (κ1) is 11.4. The van der Waals surface area contributed by atoms with Crippen molar-refractivity contribution >= 4 is 17.6 Å². The highest BCUT2D eigenvalue weighted by molar-refractivity contribution is 5.95. The number of nitrogens with one attached hydrogen (secondary N) is 1. The van der Waals surface area contributed by atoms with Crippen molar-refractivity contribution in [3.05, 3.63) is 29.3 Å². The maximum absolute atomic E-state index is 11.0. The second kappa shape index (κ2) is 3.76. The first-order valence-corrected chi connectivity index (χ1v) is 5.37. The molecule has 0 aromatic heterocycles. The lowest BCUT2D eigenvalue weighted by Crippen LogP contribution is -2.31. The van der Waals surface area contributed by atoms with Crippen molar-refractivity contribution in [1.82, 2.24) is 0 Å². The van der Waals surface area contributed by atoms with E-state index in [-0.39, 0.29) is 0 Å². The van der Waals surface area contributed by atoms with Gasteiger partial charge in [0.15, 0.2) is 0 Å². The van der Waals surface area contributed by atoms with Crippen molar-refractivity contribution in [3.8, 4) is 0 Å². The Morgan fingerprint density at radius 2 is 2.06 bits per heavy atom. The minimum atomic E-state index is -0.839. The maximum atomic E-state index is 11.0. The van der Waals surface area contributed by atoms with Gasteiger partial charge in [0.25, 0.3) is 0 Å². The number of primary amides is 1. The molecular formula is C12H14N2O3. The highest BCUT2D eigenvalue weighted by Crippen LogP contribution is 2.39. The Morgan fingerprint density at radius 1 is 1.41 bits per heavy atom. The number of aliphatic carboxylic acids is 1. The van der Waals surface area contributed by atoms with E-state index in [1.54, 1.807) is 25.1 Å². The zero-order valence-corrected chi connectivity index (χ0v) is 9.49. The highest BCUT2D eigenvalue weighted by atomic mass is 16.4. The van der Waals surface area contributed by atoms with Crippen LogP contribution in [-0.2, 0) is 4.79 Å². The number of nitrogens with two attached hydrogens (primary N) is 1. The smallest absolute Gasteiger partial charge is 0.329 e. The molecule has 1 aromatic rings. The van der Waals surface area contributed by atoms with E-state index in [0.29, 0.717) is 24.1 Å². The molecule has 17 heavy (non-hydrogen) atoms. The maximum Gasteiger partial charge on any atom is 0.329 e. The molecule has 1 aliphatic carbocycles. The molecule has 1 saturated carbocycles. The summed E-state index contributed by atoms with van der Waals surface area (Å²) in [6.07, 6.45) is 1.25. The Labute approximate surface area is 98.6 Å². The summed E-state index contributed by atoms with van der Waals surface area (Å²) < 4.78 is 0. The van der Waals surface area contributed by atoms with Gasteiger partial charge >= 0.3 is 5.97 Å². The number of carbonyl (C=O) groups excluding carboxylic acids is 1. The van der Waals surface area contributed by atoms with Crippen LogP contribution in [0.1, 0.15) is 28.8 Å². The fraction of sp³-hybridized carbons (Fsp3) is 0.333. The standard InChI is InChI=1S/C12H14N2O3/c1-7-6-8(2-3-9(7)10(13)15)14-12(4-5-12)11(16)17/h2-3,6,14H,4-5H2,1H3,(H2,13,15)(H,16,17). The first-order chi connectivity index (χ1) is 7.94. The van der Waals surface area contributed by atoms with Crippen LogP contribution in [0, 0.1) is 6.92 Å². The number of amides is 1. The molecule has 0 unspecified atom stereocenters.